The topological polar surface area (TPSA) is 88.1 Å². The number of urea groups is 1. The van der Waals surface area contributed by atoms with E-state index in [1.165, 1.54) is 6.92 Å². The molecule has 0 aliphatic heterocycles. The molecule has 1 aromatic heterocycles. The molecule has 0 aliphatic carbocycles. The molecule has 0 spiro atoms. The van der Waals surface area contributed by atoms with Crippen molar-refractivity contribution in [3.8, 4) is 0 Å². The van der Waals surface area contributed by atoms with Gasteiger partial charge in [-0.25, -0.2) is 4.79 Å². The highest BCUT2D eigenvalue weighted by Crippen LogP contribution is 2.21. The van der Waals surface area contributed by atoms with Crippen molar-refractivity contribution < 1.29 is 9.59 Å². The average Bonchev–Trinajstić information content (AvgIpc) is 3.04. The van der Waals surface area contributed by atoms with Crippen LogP contribution in [0.5, 0.6) is 0 Å². The Morgan fingerprint density at radius 2 is 2.00 bits per heavy atom. The maximum Gasteiger partial charge on any atom is 0.319 e. The van der Waals surface area contributed by atoms with Crippen LogP contribution >= 0.6 is 0 Å². The van der Waals surface area contributed by atoms with Crippen LogP contribution in [-0.4, -0.2) is 21.7 Å². The lowest BCUT2D eigenvalue weighted by molar-refractivity contribution is -0.114. The molecule has 1 unspecified atom stereocenters. The maximum atomic E-state index is 12.3. The van der Waals surface area contributed by atoms with Crippen LogP contribution in [0.3, 0.4) is 0 Å². The monoisotopic (exact) mass is 343 g/mol. The number of benzene rings is 1. The van der Waals surface area contributed by atoms with Crippen LogP contribution in [0.4, 0.5) is 16.2 Å². The van der Waals surface area contributed by atoms with Crippen LogP contribution in [0, 0.1) is 6.92 Å². The number of carbonyl (C=O) groups is 2. The minimum atomic E-state index is -0.297. The molecule has 0 saturated heterocycles. The lowest BCUT2D eigenvalue weighted by Gasteiger charge is -2.17. The lowest BCUT2D eigenvalue weighted by Crippen LogP contribution is -2.32. The van der Waals surface area contributed by atoms with Crippen LogP contribution < -0.4 is 16.0 Å². The molecule has 0 aliphatic rings. The van der Waals surface area contributed by atoms with Crippen molar-refractivity contribution in [2.24, 2.45) is 0 Å². The van der Waals surface area contributed by atoms with Gasteiger partial charge in [0, 0.05) is 36.6 Å². The second-order valence-corrected chi connectivity index (χ2v) is 5.90. The van der Waals surface area contributed by atoms with Gasteiger partial charge >= 0.3 is 6.03 Å². The van der Waals surface area contributed by atoms with Crippen LogP contribution in [-0.2, 0) is 11.3 Å². The van der Waals surface area contributed by atoms with Gasteiger partial charge in [-0.3, -0.25) is 9.48 Å². The molecular formula is C18H25N5O2. The highest BCUT2D eigenvalue weighted by Gasteiger charge is 2.15. The number of nitrogens with zero attached hydrogens (tertiary/aromatic N) is 2. The van der Waals surface area contributed by atoms with Gasteiger partial charge in [0.2, 0.25) is 5.91 Å². The van der Waals surface area contributed by atoms with Gasteiger partial charge in [-0.05, 0) is 38.0 Å². The maximum absolute atomic E-state index is 12.3. The van der Waals surface area contributed by atoms with E-state index in [1.807, 2.05) is 37.7 Å². The molecule has 1 atom stereocenters. The SMILES string of the molecule is CCC(NC(=O)Nc1ccc(C)c(NC(C)=O)c1)c1cnn(CC)c1. The Morgan fingerprint density at radius 3 is 2.60 bits per heavy atom. The van der Waals surface area contributed by atoms with Crippen molar-refractivity contribution in [1.82, 2.24) is 15.1 Å². The first kappa shape index (κ1) is 18.5. The van der Waals surface area contributed by atoms with E-state index < -0.39 is 0 Å². The molecule has 7 heteroatoms. The smallest absolute Gasteiger partial charge is 0.319 e. The summed E-state index contributed by atoms with van der Waals surface area (Å²) in [5, 5.41) is 12.8. The molecular weight excluding hydrogens is 318 g/mol. The van der Waals surface area contributed by atoms with E-state index in [-0.39, 0.29) is 18.0 Å². The van der Waals surface area contributed by atoms with Crippen molar-refractivity contribution in [3.05, 3.63) is 41.7 Å². The van der Waals surface area contributed by atoms with Crippen LogP contribution in [0.2, 0.25) is 0 Å². The Balaban J connectivity index is 2.04. The fraction of sp³-hybridized carbons (Fsp3) is 0.389. The van der Waals surface area contributed by atoms with Crippen LogP contribution in [0.15, 0.2) is 30.6 Å². The molecule has 2 aromatic rings. The number of hydrogen-bond donors (Lipinski definition) is 3. The number of aromatic nitrogens is 2. The zero-order valence-electron chi connectivity index (χ0n) is 15.1. The van der Waals surface area contributed by atoms with Gasteiger partial charge in [-0.1, -0.05) is 13.0 Å². The summed E-state index contributed by atoms with van der Waals surface area (Å²) in [7, 11) is 0. The molecule has 0 saturated carbocycles. The summed E-state index contributed by atoms with van der Waals surface area (Å²) < 4.78 is 1.83. The second kappa shape index (κ2) is 8.32. The molecule has 3 N–H and O–H groups in total. The second-order valence-electron chi connectivity index (χ2n) is 5.90. The van der Waals surface area contributed by atoms with Gasteiger partial charge in [0.25, 0.3) is 0 Å². The third kappa shape index (κ3) is 5.07. The number of rotatable bonds is 6. The molecule has 0 fully saturated rings. The molecule has 7 nitrogen and oxygen atoms in total. The van der Waals surface area contributed by atoms with Gasteiger partial charge in [0.05, 0.1) is 12.2 Å². The summed E-state index contributed by atoms with van der Waals surface area (Å²) >= 11 is 0. The van der Waals surface area contributed by atoms with Crippen LogP contribution in [0.1, 0.15) is 44.4 Å². The van der Waals surface area contributed by atoms with Crippen molar-refractivity contribution >= 4 is 23.3 Å². The predicted octanol–water partition coefficient (Wildman–Crippen LogP) is 3.44. The molecule has 1 heterocycles. The highest BCUT2D eigenvalue weighted by molar-refractivity contribution is 5.93. The first-order chi connectivity index (χ1) is 11.9. The van der Waals surface area contributed by atoms with E-state index in [2.05, 4.69) is 21.0 Å². The summed E-state index contributed by atoms with van der Waals surface area (Å²) in [6.45, 7) is 8.16. The molecule has 0 bridgehead atoms. The first-order valence-corrected chi connectivity index (χ1v) is 8.41. The normalized spacial score (nSPS) is 11.7. The first-order valence-electron chi connectivity index (χ1n) is 8.41. The Hall–Kier alpha value is -2.83. The molecule has 134 valence electrons. The lowest BCUT2D eigenvalue weighted by atomic mass is 10.1. The summed E-state index contributed by atoms with van der Waals surface area (Å²) in [5.41, 5.74) is 3.20. The van der Waals surface area contributed by atoms with E-state index >= 15 is 0 Å². The van der Waals surface area contributed by atoms with Gasteiger partial charge in [0.1, 0.15) is 0 Å². The van der Waals surface area contributed by atoms with Gasteiger partial charge in [-0.15, -0.1) is 0 Å². The zero-order chi connectivity index (χ0) is 18.4. The van der Waals surface area contributed by atoms with Crippen LogP contribution in [0.25, 0.3) is 0 Å². The Bertz CT molecular complexity index is 754. The van der Waals surface area contributed by atoms with E-state index in [0.717, 1.165) is 24.1 Å². The number of anilines is 2. The zero-order valence-corrected chi connectivity index (χ0v) is 15.1. The fourth-order valence-corrected chi connectivity index (χ4v) is 2.50. The fourth-order valence-electron chi connectivity index (χ4n) is 2.50. The number of nitrogens with one attached hydrogen (secondary N) is 3. The van der Waals surface area contributed by atoms with Crippen molar-refractivity contribution in [2.75, 3.05) is 10.6 Å². The summed E-state index contributed by atoms with van der Waals surface area (Å²) in [5.74, 6) is -0.149. The molecule has 2 rings (SSSR count). The quantitative estimate of drug-likeness (QED) is 0.751. The minimum Gasteiger partial charge on any atom is -0.331 e. The van der Waals surface area contributed by atoms with E-state index in [4.69, 9.17) is 0 Å². The molecule has 3 amide bonds. The van der Waals surface area contributed by atoms with Gasteiger partial charge < -0.3 is 16.0 Å². The minimum absolute atomic E-state index is 0.111. The number of aryl methyl sites for hydroxylation is 2. The molecule has 1 aromatic carbocycles. The van der Waals surface area contributed by atoms with Crippen molar-refractivity contribution in [3.63, 3.8) is 0 Å². The summed E-state index contributed by atoms with van der Waals surface area (Å²) in [4.78, 5) is 23.6. The predicted molar refractivity (Wildman–Crippen MR) is 98.6 cm³/mol. The Labute approximate surface area is 147 Å². The van der Waals surface area contributed by atoms with E-state index in [9.17, 15) is 9.59 Å². The number of amides is 3. The van der Waals surface area contributed by atoms with E-state index in [0.29, 0.717) is 11.4 Å². The average molecular weight is 343 g/mol. The Kier molecular flexibility index (Phi) is 6.16. The summed E-state index contributed by atoms with van der Waals surface area (Å²) in [6.07, 6.45) is 4.47. The highest BCUT2D eigenvalue weighted by atomic mass is 16.2. The third-order valence-corrected chi connectivity index (χ3v) is 3.90. The largest absolute Gasteiger partial charge is 0.331 e. The van der Waals surface area contributed by atoms with Crippen molar-refractivity contribution in [1.29, 1.82) is 0 Å². The standard InChI is InChI=1S/C18H25N5O2/c1-5-16(14-10-19-23(6-2)11-14)22-18(25)21-15-8-7-12(3)17(9-15)20-13(4)24/h7-11,16H,5-6H2,1-4H3,(H,20,24)(H2,21,22,25). The summed E-state index contributed by atoms with van der Waals surface area (Å²) in [6, 6.07) is 4.99. The molecule has 0 radical (unpaired) electrons. The van der Waals surface area contributed by atoms with Gasteiger partial charge in [-0.2, -0.15) is 5.10 Å². The number of hydrogen-bond acceptors (Lipinski definition) is 3. The Morgan fingerprint density at radius 1 is 1.24 bits per heavy atom. The van der Waals surface area contributed by atoms with Crippen molar-refractivity contribution in [2.45, 2.75) is 46.7 Å². The molecule has 25 heavy (non-hydrogen) atoms. The third-order valence-electron chi connectivity index (χ3n) is 3.90. The van der Waals surface area contributed by atoms with Gasteiger partial charge in [0.15, 0.2) is 0 Å². The van der Waals surface area contributed by atoms with E-state index in [1.54, 1.807) is 18.3 Å². The number of carbonyl (C=O) groups excluding carboxylic acids is 2.